The van der Waals surface area contributed by atoms with Gasteiger partial charge in [-0.1, -0.05) is 0 Å². The molecule has 26 heavy (non-hydrogen) atoms. The van der Waals surface area contributed by atoms with Crippen LogP contribution in [-0.2, 0) is 14.3 Å². The molecule has 0 aliphatic carbocycles. The van der Waals surface area contributed by atoms with Gasteiger partial charge in [0.25, 0.3) is 0 Å². The number of anilines is 2. The summed E-state index contributed by atoms with van der Waals surface area (Å²) in [5.74, 6) is -1.33. The molecular formula is C18H27N3O5. The van der Waals surface area contributed by atoms with E-state index in [4.69, 9.17) is 9.84 Å². The summed E-state index contributed by atoms with van der Waals surface area (Å²) in [5, 5.41) is 21.3. The SMILES string of the molecule is CCN(CCO)c1ccc(NC(=O)CC(C(=O)O)N2CCOCC2)cc1. The van der Waals surface area contributed by atoms with Crippen LogP contribution in [0.4, 0.5) is 11.4 Å². The molecule has 0 bridgehead atoms. The Kier molecular flexibility index (Phi) is 7.83. The molecule has 0 radical (unpaired) electrons. The second-order valence-corrected chi connectivity index (χ2v) is 6.10. The van der Waals surface area contributed by atoms with E-state index in [0.717, 1.165) is 12.2 Å². The fourth-order valence-corrected chi connectivity index (χ4v) is 3.00. The lowest BCUT2D eigenvalue weighted by molar-refractivity contribution is -0.147. The van der Waals surface area contributed by atoms with Crippen LogP contribution in [0.2, 0.25) is 0 Å². The summed E-state index contributed by atoms with van der Waals surface area (Å²) < 4.78 is 5.23. The molecule has 1 saturated heterocycles. The van der Waals surface area contributed by atoms with Gasteiger partial charge in [0.2, 0.25) is 5.91 Å². The number of rotatable bonds is 9. The van der Waals surface area contributed by atoms with Crippen molar-refractivity contribution in [2.24, 2.45) is 0 Å². The molecule has 0 spiro atoms. The lowest BCUT2D eigenvalue weighted by Crippen LogP contribution is -2.48. The Labute approximate surface area is 153 Å². The van der Waals surface area contributed by atoms with Gasteiger partial charge in [-0.2, -0.15) is 0 Å². The largest absolute Gasteiger partial charge is 0.480 e. The number of nitrogens with one attached hydrogen (secondary N) is 1. The molecule has 1 unspecified atom stereocenters. The highest BCUT2D eigenvalue weighted by Crippen LogP contribution is 2.18. The molecule has 1 fully saturated rings. The molecule has 0 aromatic heterocycles. The second kappa shape index (κ2) is 10.1. The molecule has 1 aliphatic heterocycles. The van der Waals surface area contributed by atoms with Crippen LogP contribution in [-0.4, -0.2) is 79.0 Å². The molecule has 1 atom stereocenters. The predicted molar refractivity (Wildman–Crippen MR) is 98.5 cm³/mol. The van der Waals surface area contributed by atoms with Gasteiger partial charge < -0.3 is 25.2 Å². The Morgan fingerprint density at radius 2 is 1.92 bits per heavy atom. The molecule has 3 N–H and O–H groups in total. The molecule has 8 nitrogen and oxygen atoms in total. The van der Waals surface area contributed by atoms with Crippen molar-refractivity contribution in [1.82, 2.24) is 4.90 Å². The fourth-order valence-electron chi connectivity index (χ4n) is 3.00. The zero-order chi connectivity index (χ0) is 18.9. The summed E-state index contributed by atoms with van der Waals surface area (Å²) in [7, 11) is 0. The van der Waals surface area contributed by atoms with Gasteiger partial charge in [0.1, 0.15) is 6.04 Å². The van der Waals surface area contributed by atoms with Crippen LogP contribution in [0.3, 0.4) is 0 Å². The molecule has 1 heterocycles. The third-order valence-electron chi connectivity index (χ3n) is 4.42. The summed E-state index contributed by atoms with van der Waals surface area (Å²) in [6.45, 7) is 5.37. The minimum absolute atomic E-state index is 0.0739. The first kappa shape index (κ1) is 20.2. The first-order valence-corrected chi connectivity index (χ1v) is 8.85. The number of carbonyl (C=O) groups excluding carboxylic acids is 1. The molecule has 1 aromatic carbocycles. The fraction of sp³-hybridized carbons (Fsp3) is 0.556. The topological polar surface area (TPSA) is 102 Å². The second-order valence-electron chi connectivity index (χ2n) is 6.10. The Morgan fingerprint density at radius 1 is 1.27 bits per heavy atom. The Bertz CT molecular complexity index is 587. The average Bonchev–Trinajstić information content (AvgIpc) is 2.65. The van der Waals surface area contributed by atoms with Gasteiger partial charge in [-0.15, -0.1) is 0 Å². The van der Waals surface area contributed by atoms with Crippen LogP contribution >= 0.6 is 0 Å². The van der Waals surface area contributed by atoms with Crippen molar-refractivity contribution in [3.63, 3.8) is 0 Å². The number of ether oxygens (including phenoxy) is 1. The number of amides is 1. The molecule has 1 aromatic rings. The Hall–Kier alpha value is -2.16. The van der Waals surface area contributed by atoms with Crippen molar-refractivity contribution in [2.45, 2.75) is 19.4 Å². The zero-order valence-electron chi connectivity index (χ0n) is 15.1. The molecule has 144 valence electrons. The number of aliphatic hydroxyl groups is 1. The monoisotopic (exact) mass is 365 g/mol. The molecule has 2 rings (SSSR count). The lowest BCUT2D eigenvalue weighted by Gasteiger charge is -2.31. The van der Waals surface area contributed by atoms with Crippen LogP contribution in [0, 0.1) is 0 Å². The van der Waals surface area contributed by atoms with Crippen LogP contribution in [0.25, 0.3) is 0 Å². The number of hydrogen-bond donors (Lipinski definition) is 3. The van der Waals surface area contributed by atoms with Crippen molar-refractivity contribution in [1.29, 1.82) is 0 Å². The summed E-state index contributed by atoms with van der Waals surface area (Å²) in [6, 6.07) is 6.44. The first-order valence-electron chi connectivity index (χ1n) is 8.85. The van der Waals surface area contributed by atoms with Gasteiger partial charge in [-0.25, -0.2) is 0 Å². The third kappa shape index (κ3) is 5.69. The van der Waals surface area contributed by atoms with Crippen LogP contribution in [0.5, 0.6) is 0 Å². The van der Waals surface area contributed by atoms with E-state index in [1.165, 1.54) is 0 Å². The maximum Gasteiger partial charge on any atom is 0.321 e. The molecule has 1 amide bonds. The van der Waals surface area contributed by atoms with Crippen molar-refractivity contribution in [3.8, 4) is 0 Å². The van der Waals surface area contributed by atoms with Gasteiger partial charge in [0, 0.05) is 37.6 Å². The van der Waals surface area contributed by atoms with Gasteiger partial charge in [-0.3, -0.25) is 14.5 Å². The number of hydrogen-bond acceptors (Lipinski definition) is 6. The predicted octanol–water partition coefficient (Wildman–Crippen LogP) is 0.619. The molecule has 8 heteroatoms. The van der Waals surface area contributed by atoms with E-state index in [-0.39, 0.29) is 18.9 Å². The number of aliphatic hydroxyl groups excluding tert-OH is 1. The molecule has 1 aliphatic rings. The minimum Gasteiger partial charge on any atom is -0.480 e. The summed E-state index contributed by atoms with van der Waals surface area (Å²) in [4.78, 5) is 27.6. The number of carboxylic acids is 1. The van der Waals surface area contributed by atoms with Crippen molar-refractivity contribution in [3.05, 3.63) is 24.3 Å². The van der Waals surface area contributed by atoms with E-state index in [1.807, 2.05) is 24.0 Å². The van der Waals surface area contributed by atoms with Crippen molar-refractivity contribution in [2.75, 3.05) is 56.2 Å². The highest BCUT2D eigenvalue weighted by atomic mass is 16.5. The molecule has 0 saturated carbocycles. The van der Waals surface area contributed by atoms with E-state index in [1.54, 1.807) is 17.0 Å². The van der Waals surface area contributed by atoms with Gasteiger partial charge in [0.15, 0.2) is 0 Å². The lowest BCUT2D eigenvalue weighted by atomic mass is 10.1. The third-order valence-corrected chi connectivity index (χ3v) is 4.42. The van der Waals surface area contributed by atoms with Crippen LogP contribution < -0.4 is 10.2 Å². The van der Waals surface area contributed by atoms with E-state index >= 15 is 0 Å². The zero-order valence-corrected chi connectivity index (χ0v) is 15.1. The molecular weight excluding hydrogens is 338 g/mol. The standard InChI is InChI=1S/C18H27N3O5/c1-2-20(7-10-22)15-5-3-14(4-6-15)19-17(23)13-16(18(24)25)21-8-11-26-12-9-21/h3-6,16,22H,2,7-13H2,1H3,(H,19,23)(H,24,25). The summed E-state index contributed by atoms with van der Waals surface area (Å²) >= 11 is 0. The van der Waals surface area contributed by atoms with E-state index in [2.05, 4.69) is 5.32 Å². The van der Waals surface area contributed by atoms with Gasteiger partial charge in [0.05, 0.1) is 26.2 Å². The summed E-state index contributed by atoms with van der Waals surface area (Å²) in [5.41, 5.74) is 1.57. The number of nitrogens with zero attached hydrogens (tertiary/aromatic N) is 2. The normalized spacial score (nSPS) is 16.1. The number of benzene rings is 1. The summed E-state index contributed by atoms with van der Waals surface area (Å²) in [6.07, 6.45) is -0.108. The number of morpholine rings is 1. The number of likely N-dealkylation sites (N-methyl/N-ethyl adjacent to an activating group) is 1. The average molecular weight is 365 g/mol. The maximum absolute atomic E-state index is 12.3. The maximum atomic E-state index is 12.3. The highest BCUT2D eigenvalue weighted by Gasteiger charge is 2.29. The number of carbonyl (C=O) groups is 2. The number of carboxylic acid groups (broad SMARTS) is 1. The Morgan fingerprint density at radius 3 is 2.46 bits per heavy atom. The Balaban J connectivity index is 1.94. The number of aliphatic carboxylic acids is 1. The highest BCUT2D eigenvalue weighted by molar-refractivity contribution is 5.94. The van der Waals surface area contributed by atoms with Crippen LogP contribution in [0.1, 0.15) is 13.3 Å². The first-order chi connectivity index (χ1) is 12.5. The smallest absolute Gasteiger partial charge is 0.321 e. The quantitative estimate of drug-likeness (QED) is 0.589. The van der Waals surface area contributed by atoms with Gasteiger partial charge in [-0.05, 0) is 31.2 Å². The van der Waals surface area contributed by atoms with Crippen molar-refractivity contribution < 1.29 is 24.5 Å². The van der Waals surface area contributed by atoms with Gasteiger partial charge >= 0.3 is 5.97 Å². The van der Waals surface area contributed by atoms with E-state index < -0.39 is 12.0 Å². The van der Waals surface area contributed by atoms with Crippen molar-refractivity contribution >= 4 is 23.3 Å². The van der Waals surface area contributed by atoms with Crippen LogP contribution in [0.15, 0.2) is 24.3 Å². The van der Waals surface area contributed by atoms with E-state index in [0.29, 0.717) is 38.5 Å². The minimum atomic E-state index is -1.00. The van der Waals surface area contributed by atoms with E-state index in [9.17, 15) is 14.7 Å².